The number of nitrogens with one attached hydrogen (secondary N) is 1. The summed E-state index contributed by atoms with van der Waals surface area (Å²) in [5, 5.41) is 14.3. The molecule has 10 nitrogen and oxygen atoms in total. The Morgan fingerprint density at radius 2 is 1.97 bits per heavy atom. The zero-order chi connectivity index (χ0) is 21.2. The van der Waals surface area contributed by atoms with E-state index in [0.717, 1.165) is 45.7 Å². The van der Waals surface area contributed by atoms with Gasteiger partial charge in [0.05, 0.1) is 32.1 Å². The first kappa shape index (κ1) is 21.5. The molecule has 1 amide bonds. The van der Waals surface area contributed by atoms with Gasteiger partial charge in [0.15, 0.2) is 5.76 Å². The minimum Gasteiger partial charge on any atom is -0.494 e. The van der Waals surface area contributed by atoms with Crippen LogP contribution < -0.4 is 10.2 Å². The minimum atomic E-state index is -0.649. The molecule has 1 saturated heterocycles. The molecule has 1 aromatic heterocycles. The van der Waals surface area contributed by atoms with Gasteiger partial charge in [-0.25, -0.2) is 5.43 Å². The fraction of sp³-hybridized carbons (Fsp3) is 0.400. The number of nitrogens with zero attached hydrogens (tertiary/aromatic N) is 3. The molecule has 1 aliphatic rings. The van der Waals surface area contributed by atoms with Crippen LogP contribution in [0.2, 0.25) is 0 Å². The van der Waals surface area contributed by atoms with Crippen molar-refractivity contribution >= 4 is 18.0 Å². The molecule has 0 bridgehead atoms. The standard InChI is InChI=1S/C20H24N4O6/c25-20(22-21-15-18-7-8-19(30-18)24(26)27)16-3-5-17(6-4-16)29-12-2-1-9-23-10-13-28-14-11-23/h3-8,15H,1-2,9-14H2,(H,22,25)/b21-15+. The van der Waals surface area contributed by atoms with Crippen LogP contribution in [-0.4, -0.2) is 61.4 Å². The van der Waals surface area contributed by atoms with Crippen molar-refractivity contribution in [1.82, 2.24) is 10.3 Å². The molecule has 0 radical (unpaired) electrons. The zero-order valence-electron chi connectivity index (χ0n) is 16.5. The van der Waals surface area contributed by atoms with Crippen molar-refractivity contribution in [2.24, 2.45) is 5.10 Å². The third-order valence-electron chi connectivity index (χ3n) is 4.51. The molecule has 3 rings (SSSR count). The van der Waals surface area contributed by atoms with Crippen LogP contribution in [0.4, 0.5) is 5.88 Å². The van der Waals surface area contributed by atoms with Gasteiger partial charge in [-0.05, 0) is 49.7 Å². The number of amides is 1. The lowest BCUT2D eigenvalue weighted by Crippen LogP contribution is -2.36. The average molecular weight is 416 g/mol. The molecule has 1 aliphatic heterocycles. The van der Waals surface area contributed by atoms with Crippen molar-refractivity contribution in [3.8, 4) is 5.75 Å². The lowest BCUT2D eigenvalue weighted by Gasteiger charge is -2.26. The number of hydrogen-bond acceptors (Lipinski definition) is 8. The van der Waals surface area contributed by atoms with Gasteiger partial charge in [0.25, 0.3) is 5.91 Å². The van der Waals surface area contributed by atoms with Gasteiger partial charge in [-0.2, -0.15) is 5.10 Å². The average Bonchev–Trinajstić information content (AvgIpc) is 3.24. The summed E-state index contributed by atoms with van der Waals surface area (Å²) >= 11 is 0. The van der Waals surface area contributed by atoms with Gasteiger partial charge in [-0.3, -0.25) is 19.8 Å². The Morgan fingerprint density at radius 1 is 1.20 bits per heavy atom. The van der Waals surface area contributed by atoms with Crippen LogP contribution in [0.25, 0.3) is 0 Å². The second kappa shape index (κ2) is 11.1. The number of carbonyl (C=O) groups excluding carboxylic acids is 1. The number of hydrazone groups is 1. The first-order chi connectivity index (χ1) is 14.6. The number of rotatable bonds is 10. The van der Waals surface area contributed by atoms with Crippen LogP contribution in [0.1, 0.15) is 29.0 Å². The molecule has 1 N–H and O–H groups in total. The van der Waals surface area contributed by atoms with E-state index < -0.39 is 10.8 Å². The Morgan fingerprint density at radius 3 is 2.67 bits per heavy atom. The maximum atomic E-state index is 12.1. The van der Waals surface area contributed by atoms with Crippen molar-refractivity contribution in [2.75, 3.05) is 39.5 Å². The third-order valence-corrected chi connectivity index (χ3v) is 4.51. The lowest BCUT2D eigenvalue weighted by atomic mass is 10.2. The molecule has 1 fully saturated rings. The fourth-order valence-corrected chi connectivity index (χ4v) is 2.88. The van der Waals surface area contributed by atoms with Crippen molar-refractivity contribution in [1.29, 1.82) is 0 Å². The van der Waals surface area contributed by atoms with Crippen molar-refractivity contribution < 1.29 is 23.6 Å². The van der Waals surface area contributed by atoms with Gasteiger partial charge in [-0.1, -0.05) is 0 Å². The predicted molar refractivity (Wildman–Crippen MR) is 109 cm³/mol. The summed E-state index contributed by atoms with van der Waals surface area (Å²) in [6.07, 6.45) is 3.22. The maximum absolute atomic E-state index is 12.1. The summed E-state index contributed by atoms with van der Waals surface area (Å²) in [6, 6.07) is 9.36. The van der Waals surface area contributed by atoms with E-state index in [1.165, 1.54) is 18.3 Å². The molecule has 2 aromatic rings. The van der Waals surface area contributed by atoms with Gasteiger partial charge in [-0.15, -0.1) is 0 Å². The Balaban J connectivity index is 1.36. The third kappa shape index (κ3) is 6.68. The Bertz CT molecular complexity index is 858. The predicted octanol–water partition coefficient (Wildman–Crippen LogP) is 2.44. The Hall–Kier alpha value is -3.24. The topological polar surface area (TPSA) is 119 Å². The minimum absolute atomic E-state index is 0.166. The first-order valence-corrected chi connectivity index (χ1v) is 9.72. The molecular weight excluding hydrogens is 392 g/mol. The SMILES string of the molecule is O=C(N/N=C/c1ccc([N+](=O)[O-])o1)c1ccc(OCCCCN2CCOCC2)cc1. The summed E-state index contributed by atoms with van der Waals surface area (Å²) in [6.45, 7) is 5.29. The lowest BCUT2D eigenvalue weighted by molar-refractivity contribution is -0.402. The number of morpholine rings is 1. The van der Waals surface area contributed by atoms with Crippen LogP contribution in [0.5, 0.6) is 5.75 Å². The summed E-state index contributed by atoms with van der Waals surface area (Å²) < 4.78 is 16.0. The van der Waals surface area contributed by atoms with E-state index in [9.17, 15) is 14.9 Å². The number of nitro groups is 1. The van der Waals surface area contributed by atoms with Crippen LogP contribution in [0, 0.1) is 10.1 Å². The molecule has 0 unspecified atom stereocenters. The molecule has 1 aromatic carbocycles. The summed E-state index contributed by atoms with van der Waals surface area (Å²) in [5.74, 6) is 0.0625. The van der Waals surface area contributed by atoms with Gasteiger partial charge in [0, 0.05) is 18.7 Å². The van der Waals surface area contributed by atoms with Crippen LogP contribution in [0.15, 0.2) is 45.9 Å². The van der Waals surface area contributed by atoms with E-state index in [4.69, 9.17) is 13.9 Å². The smallest absolute Gasteiger partial charge is 0.433 e. The molecule has 0 saturated carbocycles. The largest absolute Gasteiger partial charge is 0.494 e. The van der Waals surface area contributed by atoms with E-state index in [1.807, 2.05) is 0 Å². The molecule has 0 atom stereocenters. The number of hydrogen-bond donors (Lipinski definition) is 1. The Labute approximate surface area is 173 Å². The van der Waals surface area contributed by atoms with Gasteiger partial charge in [0.2, 0.25) is 0 Å². The number of benzene rings is 1. The van der Waals surface area contributed by atoms with Crippen LogP contribution in [0.3, 0.4) is 0 Å². The second-order valence-corrected chi connectivity index (χ2v) is 6.67. The summed E-state index contributed by atoms with van der Waals surface area (Å²) in [7, 11) is 0. The van der Waals surface area contributed by atoms with Gasteiger partial charge in [0.1, 0.15) is 10.7 Å². The van der Waals surface area contributed by atoms with Crippen molar-refractivity contribution in [3.05, 3.63) is 57.8 Å². The number of unbranched alkanes of at least 4 members (excludes halogenated alkanes) is 1. The van der Waals surface area contributed by atoms with Gasteiger partial charge >= 0.3 is 5.88 Å². The zero-order valence-corrected chi connectivity index (χ0v) is 16.5. The van der Waals surface area contributed by atoms with E-state index in [1.54, 1.807) is 24.3 Å². The molecule has 2 heterocycles. The maximum Gasteiger partial charge on any atom is 0.433 e. The highest BCUT2D eigenvalue weighted by Crippen LogP contribution is 2.14. The van der Waals surface area contributed by atoms with Crippen LogP contribution >= 0.6 is 0 Å². The molecule has 0 aliphatic carbocycles. The highest BCUT2D eigenvalue weighted by Gasteiger charge is 2.11. The normalized spacial score (nSPS) is 14.7. The highest BCUT2D eigenvalue weighted by molar-refractivity contribution is 5.94. The van der Waals surface area contributed by atoms with Crippen molar-refractivity contribution in [3.63, 3.8) is 0 Å². The van der Waals surface area contributed by atoms with E-state index in [0.29, 0.717) is 17.9 Å². The molecule has 30 heavy (non-hydrogen) atoms. The van der Waals surface area contributed by atoms with E-state index in [2.05, 4.69) is 15.4 Å². The molecule has 0 spiro atoms. The van der Waals surface area contributed by atoms with Gasteiger partial charge < -0.3 is 13.9 Å². The van der Waals surface area contributed by atoms with Crippen LogP contribution in [-0.2, 0) is 4.74 Å². The second-order valence-electron chi connectivity index (χ2n) is 6.67. The first-order valence-electron chi connectivity index (χ1n) is 9.72. The fourth-order valence-electron chi connectivity index (χ4n) is 2.88. The van der Waals surface area contributed by atoms with E-state index in [-0.39, 0.29) is 11.6 Å². The quantitative estimate of drug-likeness (QED) is 0.273. The molecular formula is C20H24N4O6. The monoisotopic (exact) mass is 416 g/mol. The Kier molecular flexibility index (Phi) is 7.93. The number of ether oxygens (including phenoxy) is 2. The van der Waals surface area contributed by atoms with E-state index >= 15 is 0 Å². The summed E-state index contributed by atoms with van der Waals surface area (Å²) in [5.41, 5.74) is 2.76. The molecule has 10 heteroatoms. The number of furan rings is 1. The number of carbonyl (C=O) groups is 1. The highest BCUT2D eigenvalue weighted by atomic mass is 16.6. The molecule has 160 valence electrons. The summed E-state index contributed by atoms with van der Waals surface area (Å²) in [4.78, 5) is 24.4. The van der Waals surface area contributed by atoms with Crippen molar-refractivity contribution in [2.45, 2.75) is 12.8 Å².